The molecule has 0 aliphatic heterocycles. The van der Waals surface area contributed by atoms with Crippen LogP contribution in [0.3, 0.4) is 0 Å². The first-order valence-electron chi connectivity index (χ1n) is 7.09. The normalized spacial score (nSPS) is 15.0. The first kappa shape index (κ1) is 15.8. The minimum Gasteiger partial charge on any atom is -0.355 e. The van der Waals surface area contributed by atoms with Crippen molar-refractivity contribution < 1.29 is 14.0 Å². The van der Waals surface area contributed by atoms with E-state index in [0.29, 0.717) is 12.2 Å². The molecule has 0 aromatic heterocycles. The molecule has 0 unspecified atom stereocenters. The second-order valence-corrected chi connectivity index (χ2v) is 5.61. The fourth-order valence-electron chi connectivity index (χ4n) is 2.43. The van der Waals surface area contributed by atoms with Crippen molar-refractivity contribution in [3.05, 3.63) is 29.0 Å². The molecule has 21 heavy (non-hydrogen) atoms. The number of nitrogens with one attached hydrogen (secondary N) is 2. The number of halogens is 2. The summed E-state index contributed by atoms with van der Waals surface area (Å²) in [7, 11) is 0. The number of carbonyl (C=O) groups excluding carboxylic acids is 2. The second-order valence-electron chi connectivity index (χ2n) is 5.20. The maximum atomic E-state index is 13.0. The molecule has 0 saturated heterocycles. The monoisotopic (exact) mass is 312 g/mol. The Morgan fingerprint density at radius 2 is 2.00 bits per heavy atom. The number of rotatable bonds is 5. The third-order valence-electron chi connectivity index (χ3n) is 3.58. The van der Waals surface area contributed by atoms with Gasteiger partial charge in [-0.1, -0.05) is 24.4 Å². The van der Waals surface area contributed by atoms with E-state index in [1.54, 1.807) is 0 Å². The molecule has 0 heterocycles. The topological polar surface area (TPSA) is 58.2 Å². The zero-order valence-electron chi connectivity index (χ0n) is 11.6. The summed E-state index contributed by atoms with van der Waals surface area (Å²) in [6.07, 6.45) is 4.25. The van der Waals surface area contributed by atoms with Gasteiger partial charge in [0.1, 0.15) is 5.82 Å². The molecule has 0 bridgehead atoms. The number of benzene rings is 1. The van der Waals surface area contributed by atoms with Gasteiger partial charge in [0.05, 0.1) is 5.02 Å². The Hall–Kier alpha value is -1.62. The number of anilines is 1. The molecular weight excluding hydrogens is 295 g/mol. The van der Waals surface area contributed by atoms with Crippen LogP contribution < -0.4 is 10.6 Å². The van der Waals surface area contributed by atoms with Gasteiger partial charge >= 0.3 is 0 Å². The fraction of sp³-hybridized carbons (Fsp3) is 0.467. The zero-order valence-corrected chi connectivity index (χ0v) is 12.4. The van der Waals surface area contributed by atoms with Crippen molar-refractivity contribution in [1.29, 1.82) is 0 Å². The van der Waals surface area contributed by atoms with Gasteiger partial charge in [0, 0.05) is 24.6 Å². The van der Waals surface area contributed by atoms with Crippen molar-refractivity contribution in [2.24, 2.45) is 5.92 Å². The summed E-state index contributed by atoms with van der Waals surface area (Å²) in [4.78, 5) is 23.5. The molecule has 1 aliphatic carbocycles. The van der Waals surface area contributed by atoms with Crippen molar-refractivity contribution in [3.8, 4) is 0 Å². The van der Waals surface area contributed by atoms with E-state index in [1.807, 2.05) is 0 Å². The zero-order chi connectivity index (χ0) is 15.2. The van der Waals surface area contributed by atoms with Crippen molar-refractivity contribution in [1.82, 2.24) is 5.32 Å². The summed E-state index contributed by atoms with van der Waals surface area (Å²) in [5.41, 5.74) is 0.438. The van der Waals surface area contributed by atoms with Gasteiger partial charge in [-0.2, -0.15) is 0 Å². The molecule has 2 rings (SSSR count). The number of carbonyl (C=O) groups is 2. The van der Waals surface area contributed by atoms with Crippen LogP contribution in [0.15, 0.2) is 18.2 Å². The van der Waals surface area contributed by atoms with E-state index in [4.69, 9.17) is 11.6 Å². The molecule has 0 atom stereocenters. The lowest BCUT2D eigenvalue weighted by Gasteiger charge is -2.10. The summed E-state index contributed by atoms with van der Waals surface area (Å²) in [5, 5.41) is 5.35. The highest BCUT2D eigenvalue weighted by molar-refractivity contribution is 6.31. The fourth-order valence-corrected chi connectivity index (χ4v) is 2.61. The van der Waals surface area contributed by atoms with Crippen LogP contribution in [0.25, 0.3) is 0 Å². The van der Waals surface area contributed by atoms with E-state index < -0.39 is 5.82 Å². The minimum absolute atomic E-state index is 0.0325. The SMILES string of the molecule is O=C(CCNC(=O)C1CCCC1)Nc1ccc(F)c(Cl)c1. The van der Waals surface area contributed by atoms with E-state index >= 15 is 0 Å². The molecule has 1 aromatic rings. The van der Waals surface area contributed by atoms with Gasteiger partial charge in [0.25, 0.3) is 0 Å². The van der Waals surface area contributed by atoms with E-state index in [1.165, 1.54) is 18.2 Å². The van der Waals surface area contributed by atoms with E-state index in [2.05, 4.69) is 10.6 Å². The number of hydrogen-bond acceptors (Lipinski definition) is 2. The minimum atomic E-state index is -0.529. The van der Waals surface area contributed by atoms with Gasteiger partial charge in [-0.05, 0) is 31.0 Å². The lowest BCUT2D eigenvalue weighted by Crippen LogP contribution is -2.32. The van der Waals surface area contributed by atoms with E-state index in [0.717, 1.165) is 25.7 Å². The predicted octanol–water partition coefficient (Wildman–Crippen LogP) is 3.11. The molecule has 2 N–H and O–H groups in total. The average Bonchev–Trinajstić information content (AvgIpc) is 2.97. The van der Waals surface area contributed by atoms with Gasteiger partial charge in [0.15, 0.2) is 0 Å². The highest BCUT2D eigenvalue weighted by Crippen LogP contribution is 2.24. The number of hydrogen-bond donors (Lipinski definition) is 2. The standard InChI is InChI=1S/C15H18ClFN2O2/c16-12-9-11(5-6-13(12)17)19-14(20)7-8-18-15(21)10-3-1-2-4-10/h5-6,9-10H,1-4,7-8H2,(H,18,21)(H,19,20). The van der Waals surface area contributed by atoms with Crippen molar-refractivity contribution in [3.63, 3.8) is 0 Å². The van der Waals surface area contributed by atoms with Crippen LogP contribution in [0, 0.1) is 11.7 Å². The first-order valence-corrected chi connectivity index (χ1v) is 7.46. The summed E-state index contributed by atoms with van der Waals surface area (Å²) in [6.45, 7) is 0.302. The Kier molecular flexibility index (Phi) is 5.56. The molecule has 1 aromatic carbocycles. The summed E-state index contributed by atoms with van der Waals surface area (Å²) in [5.74, 6) is -0.642. The van der Waals surface area contributed by atoms with Gasteiger partial charge in [-0.25, -0.2) is 4.39 Å². The smallest absolute Gasteiger partial charge is 0.226 e. The van der Waals surface area contributed by atoms with Crippen LogP contribution in [-0.2, 0) is 9.59 Å². The van der Waals surface area contributed by atoms with Gasteiger partial charge < -0.3 is 10.6 Å². The van der Waals surface area contributed by atoms with Gasteiger partial charge in [0.2, 0.25) is 11.8 Å². The molecule has 0 radical (unpaired) electrons. The van der Waals surface area contributed by atoms with Crippen molar-refractivity contribution in [2.45, 2.75) is 32.1 Å². The highest BCUT2D eigenvalue weighted by Gasteiger charge is 2.22. The Bertz CT molecular complexity index is 530. The van der Waals surface area contributed by atoms with Crippen LogP contribution in [0.2, 0.25) is 5.02 Å². The Morgan fingerprint density at radius 3 is 2.67 bits per heavy atom. The molecule has 2 amide bonds. The Balaban J connectivity index is 1.71. The summed E-state index contributed by atoms with van der Waals surface area (Å²) < 4.78 is 13.0. The van der Waals surface area contributed by atoms with Crippen LogP contribution in [0.4, 0.5) is 10.1 Å². The summed E-state index contributed by atoms with van der Waals surface area (Å²) in [6, 6.07) is 3.99. The average molecular weight is 313 g/mol. The molecule has 4 nitrogen and oxygen atoms in total. The van der Waals surface area contributed by atoms with E-state index in [9.17, 15) is 14.0 Å². The first-order chi connectivity index (χ1) is 10.1. The third kappa shape index (κ3) is 4.70. The molecule has 6 heteroatoms. The van der Waals surface area contributed by atoms with Crippen LogP contribution >= 0.6 is 11.6 Å². The van der Waals surface area contributed by atoms with Crippen molar-refractivity contribution >= 4 is 29.1 Å². The Labute approximate surface area is 128 Å². The molecular formula is C15H18ClFN2O2. The quantitative estimate of drug-likeness (QED) is 0.877. The lowest BCUT2D eigenvalue weighted by atomic mass is 10.1. The Morgan fingerprint density at radius 1 is 1.29 bits per heavy atom. The van der Waals surface area contributed by atoms with E-state index in [-0.39, 0.29) is 29.2 Å². The second kappa shape index (κ2) is 7.41. The third-order valence-corrected chi connectivity index (χ3v) is 3.87. The lowest BCUT2D eigenvalue weighted by molar-refractivity contribution is -0.124. The largest absolute Gasteiger partial charge is 0.355 e. The van der Waals surface area contributed by atoms with Crippen LogP contribution in [0.1, 0.15) is 32.1 Å². The predicted molar refractivity (Wildman–Crippen MR) is 79.6 cm³/mol. The van der Waals surface area contributed by atoms with Crippen LogP contribution in [0.5, 0.6) is 0 Å². The maximum Gasteiger partial charge on any atom is 0.226 e. The molecule has 0 spiro atoms. The van der Waals surface area contributed by atoms with Crippen molar-refractivity contribution in [2.75, 3.05) is 11.9 Å². The maximum absolute atomic E-state index is 13.0. The van der Waals surface area contributed by atoms with Gasteiger partial charge in [-0.15, -0.1) is 0 Å². The highest BCUT2D eigenvalue weighted by atomic mass is 35.5. The number of amides is 2. The molecule has 1 fully saturated rings. The summed E-state index contributed by atoms with van der Waals surface area (Å²) >= 11 is 5.63. The molecule has 114 valence electrons. The van der Waals surface area contributed by atoms with Gasteiger partial charge in [-0.3, -0.25) is 9.59 Å². The van der Waals surface area contributed by atoms with Crippen LogP contribution in [-0.4, -0.2) is 18.4 Å². The molecule has 1 aliphatic rings. The molecule has 1 saturated carbocycles.